The van der Waals surface area contributed by atoms with Crippen molar-refractivity contribution in [2.75, 3.05) is 7.11 Å². The first-order valence-corrected chi connectivity index (χ1v) is 5.39. The molecule has 0 spiro atoms. The van der Waals surface area contributed by atoms with E-state index in [0.717, 1.165) is 0 Å². The molecule has 14 heavy (non-hydrogen) atoms. The van der Waals surface area contributed by atoms with Gasteiger partial charge in [0.25, 0.3) is 11.9 Å². The van der Waals surface area contributed by atoms with Crippen molar-refractivity contribution < 1.29 is 27.6 Å². The van der Waals surface area contributed by atoms with E-state index < -0.39 is 27.8 Å². The first-order chi connectivity index (χ1) is 6.45. The SMILES string of the molecule is COC(C)O[SiH](OC(C)=O)OC(C)=O. The third kappa shape index (κ3) is 6.58. The van der Waals surface area contributed by atoms with Gasteiger partial charge in [0.15, 0.2) is 0 Å². The molecule has 0 heterocycles. The molecule has 0 N–H and O–H groups in total. The lowest BCUT2D eigenvalue weighted by Crippen LogP contribution is -2.34. The highest BCUT2D eigenvalue weighted by Gasteiger charge is 2.25. The Hall–Kier alpha value is -0.923. The van der Waals surface area contributed by atoms with Crippen LogP contribution in [-0.4, -0.2) is 34.9 Å². The third-order valence-corrected chi connectivity index (χ3v) is 2.81. The number of ether oxygens (including phenoxy) is 1. The molecule has 0 bridgehead atoms. The lowest BCUT2D eigenvalue weighted by atomic mass is 10.8. The first-order valence-electron chi connectivity index (χ1n) is 3.98. The van der Waals surface area contributed by atoms with Crippen molar-refractivity contribution in [3.8, 4) is 0 Å². The van der Waals surface area contributed by atoms with Gasteiger partial charge in [0.05, 0.1) is 0 Å². The summed E-state index contributed by atoms with van der Waals surface area (Å²) >= 11 is 0. The minimum Gasteiger partial charge on any atom is -0.467 e. The van der Waals surface area contributed by atoms with Gasteiger partial charge < -0.3 is 18.0 Å². The second kappa shape index (κ2) is 6.52. The smallest absolute Gasteiger partial charge is 0.467 e. The van der Waals surface area contributed by atoms with Gasteiger partial charge in [0, 0.05) is 21.0 Å². The van der Waals surface area contributed by atoms with Crippen molar-refractivity contribution in [1.82, 2.24) is 0 Å². The van der Waals surface area contributed by atoms with E-state index in [-0.39, 0.29) is 0 Å². The Labute approximate surface area is 84.1 Å². The molecule has 0 rings (SSSR count). The van der Waals surface area contributed by atoms with Crippen LogP contribution in [0.5, 0.6) is 0 Å². The zero-order chi connectivity index (χ0) is 11.1. The minimum absolute atomic E-state index is 0.550. The summed E-state index contributed by atoms with van der Waals surface area (Å²) in [4.78, 5) is 21.2. The lowest BCUT2D eigenvalue weighted by Gasteiger charge is -2.17. The van der Waals surface area contributed by atoms with Gasteiger partial charge in [-0.1, -0.05) is 0 Å². The van der Waals surface area contributed by atoms with Gasteiger partial charge in [-0.15, -0.1) is 0 Å². The zero-order valence-electron chi connectivity index (χ0n) is 8.60. The highest BCUT2D eigenvalue weighted by atomic mass is 28.3. The van der Waals surface area contributed by atoms with Gasteiger partial charge in [-0.2, -0.15) is 0 Å². The quantitative estimate of drug-likeness (QED) is 0.475. The third-order valence-electron chi connectivity index (χ3n) is 1.16. The summed E-state index contributed by atoms with van der Waals surface area (Å²) in [5.74, 6) is -1.10. The molecule has 6 nitrogen and oxygen atoms in total. The lowest BCUT2D eigenvalue weighted by molar-refractivity contribution is -0.145. The molecule has 0 amide bonds. The highest BCUT2D eigenvalue weighted by Crippen LogP contribution is 2.00. The van der Waals surface area contributed by atoms with Crippen molar-refractivity contribution in [1.29, 1.82) is 0 Å². The number of hydrogen-bond donors (Lipinski definition) is 0. The molecule has 0 aliphatic rings. The number of rotatable bonds is 5. The van der Waals surface area contributed by atoms with Crippen LogP contribution in [0.25, 0.3) is 0 Å². The topological polar surface area (TPSA) is 71.1 Å². The minimum atomic E-state index is -2.75. The maximum atomic E-state index is 10.6. The van der Waals surface area contributed by atoms with Crippen LogP contribution in [0.1, 0.15) is 20.8 Å². The summed E-state index contributed by atoms with van der Waals surface area (Å²) in [7, 11) is -1.32. The fourth-order valence-electron chi connectivity index (χ4n) is 0.563. The number of methoxy groups -OCH3 is 1. The number of hydrogen-bond acceptors (Lipinski definition) is 6. The highest BCUT2D eigenvalue weighted by molar-refractivity contribution is 6.41. The molecular weight excluding hydrogens is 208 g/mol. The Bertz CT molecular complexity index is 190. The van der Waals surface area contributed by atoms with E-state index in [2.05, 4.69) is 8.85 Å². The molecule has 1 atom stereocenters. The Morgan fingerprint density at radius 1 is 1.14 bits per heavy atom. The molecule has 0 aromatic carbocycles. The van der Waals surface area contributed by atoms with Crippen molar-refractivity contribution in [2.24, 2.45) is 0 Å². The monoisotopic (exact) mass is 222 g/mol. The van der Waals surface area contributed by atoms with Gasteiger partial charge in [0.2, 0.25) is 0 Å². The molecule has 7 heteroatoms. The van der Waals surface area contributed by atoms with Crippen LogP contribution < -0.4 is 0 Å². The molecule has 0 radical (unpaired) electrons. The van der Waals surface area contributed by atoms with E-state index in [1.165, 1.54) is 21.0 Å². The van der Waals surface area contributed by atoms with E-state index in [1.807, 2.05) is 0 Å². The average molecular weight is 222 g/mol. The summed E-state index contributed by atoms with van der Waals surface area (Å²) in [6, 6.07) is 0. The van der Waals surface area contributed by atoms with Crippen LogP contribution in [0.15, 0.2) is 0 Å². The molecule has 0 aromatic rings. The Kier molecular flexibility index (Phi) is 6.09. The van der Waals surface area contributed by atoms with Crippen LogP contribution >= 0.6 is 0 Å². The van der Waals surface area contributed by atoms with E-state index in [1.54, 1.807) is 6.92 Å². The molecule has 1 unspecified atom stereocenters. The van der Waals surface area contributed by atoms with Gasteiger partial charge >= 0.3 is 9.53 Å². The predicted molar refractivity (Wildman–Crippen MR) is 48.2 cm³/mol. The van der Waals surface area contributed by atoms with Crippen molar-refractivity contribution >= 4 is 21.5 Å². The molecule has 0 saturated heterocycles. The van der Waals surface area contributed by atoms with Gasteiger partial charge in [-0.05, 0) is 6.92 Å². The van der Waals surface area contributed by atoms with Crippen LogP contribution in [0.4, 0.5) is 0 Å². The molecule has 0 saturated carbocycles. The second-order valence-corrected chi connectivity index (χ2v) is 3.77. The van der Waals surface area contributed by atoms with Gasteiger partial charge in [-0.25, -0.2) is 0 Å². The molecule has 82 valence electrons. The van der Waals surface area contributed by atoms with Crippen LogP contribution in [0, 0.1) is 0 Å². The maximum absolute atomic E-state index is 10.6. The molecular formula is C7H14O6Si. The fraction of sp³-hybridized carbons (Fsp3) is 0.714. The van der Waals surface area contributed by atoms with Gasteiger partial charge in [-0.3, -0.25) is 9.59 Å². The van der Waals surface area contributed by atoms with Crippen LogP contribution in [0.3, 0.4) is 0 Å². The predicted octanol–water partition coefficient (Wildman–Crippen LogP) is -0.161. The molecule has 0 aromatic heterocycles. The van der Waals surface area contributed by atoms with E-state index in [4.69, 9.17) is 9.16 Å². The largest absolute Gasteiger partial charge is 0.621 e. The summed E-state index contributed by atoms with van der Waals surface area (Å²) in [5, 5.41) is 0. The second-order valence-electron chi connectivity index (χ2n) is 2.45. The molecule has 0 aliphatic carbocycles. The van der Waals surface area contributed by atoms with Gasteiger partial charge in [0.1, 0.15) is 6.29 Å². The summed E-state index contributed by atoms with van der Waals surface area (Å²) in [6.07, 6.45) is -0.578. The average Bonchev–Trinajstić information content (AvgIpc) is 2.01. The summed E-state index contributed by atoms with van der Waals surface area (Å²) in [6.45, 7) is 4.03. The van der Waals surface area contributed by atoms with Crippen LogP contribution in [-0.2, 0) is 27.6 Å². The van der Waals surface area contributed by atoms with E-state index >= 15 is 0 Å². The standard InChI is InChI=1S/C7H14O6Si/c1-5(8)11-14(12-6(2)9)13-7(3)10-4/h7,14H,1-4H3. The summed E-state index contributed by atoms with van der Waals surface area (Å²) in [5.41, 5.74) is 0. The first kappa shape index (κ1) is 13.1. The molecule has 0 aliphatic heterocycles. The maximum Gasteiger partial charge on any atom is 0.621 e. The van der Waals surface area contributed by atoms with E-state index in [9.17, 15) is 9.59 Å². The van der Waals surface area contributed by atoms with Crippen molar-refractivity contribution in [2.45, 2.75) is 27.1 Å². The summed E-state index contributed by atoms with van der Waals surface area (Å²) < 4.78 is 19.2. The van der Waals surface area contributed by atoms with Crippen molar-refractivity contribution in [3.05, 3.63) is 0 Å². The Balaban J connectivity index is 4.09. The molecule has 0 fully saturated rings. The Morgan fingerprint density at radius 2 is 1.57 bits per heavy atom. The number of carbonyl (C=O) groups excluding carboxylic acids is 2. The Morgan fingerprint density at radius 3 is 1.86 bits per heavy atom. The zero-order valence-corrected chi connectivity index (χ0v) is 9.76. The normalized spacial score (nSPS) is 12.4. The number of carbonyl (C=O) groups is 2. The fourth-order valence-corrected chi connectivity index (χ4v) is 1.69. The van der Waals surface area contributed by atoms with Crippen molar-refractivity contribution in [3.63, 3.8) is 0 Å². The van der Waals surface area contributed by atoms with E-state index in [0.29, 0.717) is 0 Å². The van der Waals surface area contributed by atoms with Crippen LogP contribution in [0.2, 0.25) is 0 Å².